The molecule has 1 N–H and O–H groups in total. The lowest BCUT2D eigenvalue weighted by Crippen LogP contribution is -2.31. The maximum atomic E-state index is 13.1. The molecule has 0 bridgehead atoms. The molecule has 6 nitrogen and oxygen atoms in total. The number of aliphatic hydroxyl groups is 1. The van der Waals surface area contributed by atoms with Crippen molar-refractivity contribution >= 4 is 11.6 Å². The molecular weight excluding hydrogens is 352 g/mol. The zero-order valence-electron chi connectivity index (χ0n) is 16.0. The summed E-state index contributed by atoms with van der Waals surface area (Å²) >= 11 is 0. The van der Waals surface area contributed by atoms with Crippen molar-refractivity contribution in [2.75, 3.05) is 26.2 Å². The van der Waals surface area contributed by atoms with Gasteiger partial charge in [-0.15, -0.1) is 0 Å². The Morgan fingerprint density at radius 1 is 1.04 bits per heavy atom. The lowest BCUT2D eigenvalue weighted by molar-refractivity contribution is 0.0784. The van der Waals surface area contributed by atoms with E-state index in [2.05, 4.69) is 22.0 Å². The van der Waals surface area contributed by atoms with E-state index < -0.39 is 0 Å². The first-order valence-corrected chi connectivity index (χ1v) is 9.88. The quantitative estimate of drug-likeness (QED) is 0.686. The van der Waals surface area contributed by atoms with Crippen LogP contribution >= 0.6 is 0 Å². The van der Waals surface area contributed by atoms with Gasteiger partial charge in [-0.1, -0.05) is 36.4 Å². The zero-order chi connectivity index (χ0) is 19.3. The summed E-state index contributed by atoms with van der Waals surface area (Å²) in [6.45, 7) is 3.46. The van der Waals surface area contributed by atoms with Crippen molar-refractivity contribution in [3.05, 3.63) is 71.7 Å². The number of benzene rings is 1. The molecule has 3 aromatic rings. The van der Waals surface area contributed by atoms with E-state index in [-0.39, 0.29) is 12.5 Å². The molecule has 0 aliphatic carbocycles. The molecule has 1 aliphatic rings. The number of fused-ring (bicyclic) bond motifs is 1. The monoisotopic (exact) mass is 378 g/mol. The molecule has 0 spiro atoms. The first-order valence-electron chi connectivity index (χ1n) is 9.88. The van der Waals surface area contributed by atoms with E-state index in [1.54, 1.807) is 0 Å². The lowest BCUT2D eigenvalue weighted by Gasteiger charge is -2.22. The van der Waals surface area contributed by atoms with Crippen molar-refractivity contribution in [3.63, 3.8) is 0 Å². The zero-order valence-corrected chi connectivity index (χ0v) is 16.0. The lowest BCUT2D eigenvalue weighted by atomic mass is 10.2. The number of hydrogen-bond donors (Lipinski definition) is 1. The van der Waals surface area contributed by atoms with E-state index in [0.29, 0.717) is 25.3 Å². The third kappa shape index (κ3) is 3.93. The summed E-state index contributed by atoms with van der Waals surface area (Å²) in [6, 6.07) is 16.0. The third-order valence-electron chi connectivity index (χ3n) is 5.26. The molecule has 2 aromatic heterocycles. The van der Waals surface area contributed by atoms with Gasteiger partial charge in [-0.3, -0.25) is 9.69 Å². The van der Waals surface area contributed by atoms with Gasteiger partial charge >= 0.3 is 0 Å². The van der Waals surface area contributed by atoms with Crippen LogP contribution in [0, 0.1) is 0 Å². The standard InChI is InChI=1S/C22H26N4O2/c27-15-14-24(16-18-8-2-1-3-9-18)17-19-21(22(28)25-11-6-7-12-25)23-20-10-4-5-13-26(19)20/h1-5,8-10,13,27H,6-7,11-12,14-17H2. The second kappa shape index (κ2) is 8.54. The highest BCUT2D eigenvalue weighted by atomic mass is 16.3. The third-order valence-corrected chi connectivity index (χ3v) is 5.26. The second-order valence-electron chi connectivity index (χ2n) is 7.26. The molecule has 0 saturated carbocycles. The van der Waals surface area contributed by atoms with Crippen LogP contribution in [0.5, 0.6) is 0 Å². The highest BCUT2D eigenvalue weighted by Crippen LogP contribution is 2.20. The van der Waals surface area contributed by atoms with Gasteiger partial charge in [0, 0.05) is 38.9 Å². The van der Waals surface area contributed by atoms with Crippen LogP contribution in [0.3, 0.4) is 0 Å². The maximum Gasteiger partial charge on any atom is 0.274 e. The Morgan fingerprint density at radius 3 is 2.54 bits per heavy atom. The number of rotatable bonds is 7. The molecule has 1 fully saturated rings. The van der Waals surface area contributed by atoms with Crippen molar-refractivity contribution in [3.8, 4) is 0 Å². The number of nitrogens with zero attached hydrogens (tertiary/aromatic N) is 4. The first kappa shape index (κ1) is 18.7. The van der Waals surface area contributed by atoms with Gasteiger partial charge in [0.1, 0.15) is 5.65 Å². The van der Waals surface area contributed by atoms with Gasteiger partial charge < -0.3 is 14.4 Å². The molecule has 4 rings (SSSR count). The highest BCUT2D eigenvalue weighted by molar-refractivity contribution is 5.94. The molecule has 1 saturated heterocycles. The van der Waals surface area contributed by atoms with Crippen molar-refractivity contribution in [1.82, 2.24) is 19.2 Å². The van der Waals surface area contributed by atoms with Gasteiger partial charge in [0.05, 0.1) is 12.3 Å². The molecule has 1 amide bonds. The minimum Gasteiger partial charge on any atom is -0.395 e. The number of hydrogen-bond acceptors (Lipinski definition) is 4. The predicted molar refractivity (Wildman–Crippen MR) is 108 cm³/mol. The number of imidazole rings is 1. The molecule has 1 aromatic carbocycles. The Hall–Kier alpha value is -2.70. The van der Waals surface area contributed by atoms with Crippen molar-refractivity contribution in [1.29, 1.82) is 0 Å². The number of likely N-dealkylation sites (tertiary alicyclic amines) is 1. The Bertz CT molecular complexity index is 932. The summed E-state index contributed by atoms with van der Waals surface area (Å²) in [4.78, 5) is 21.8. The SMILES string of the molecule is O=C(c1nc2ccccn2c1CN(CCO)Cc1ccccc1)N1CCCC1. The molecular formula is C22H26N4O2. The number of carbonyl (C=O) groups is 1. The van der Waals surface area contributed by atoms with E-state index >= 15 is 0 Å². The average Bonchev–Trinajstić information content (AvgIpc) is 3.37. The molecule has 0 radical (unpaired) electrons. The van der Waals surface area contributed by atoms with E-state index in [4.69, 9.17) is 0 Å². The molecule has 0 atom stereocenters. The van der Waals surface area contributed by atoms with Crippen LogP contribution in [-0.2, 0) is 13.1 Å². The predicted octanol–water partition coefficient (Wildman–Crippen LogP) is 2.56. The first-order chi connectivity index (χ1) is 13.8. The summed E-state index contributed by atoms with van der Waals surface area (Å²) in [7, 11) is 0. The normalized spacial score (nSPS) is 14.3. The van der Waals surface area contributed by atoms with E-state index in [1.807, 2.05) is 51.9 Å². The van der Waals surface area contributed by atoms with E-state index in [1.165, 1.54) is 5.56 Å². The number of aromatic nitrogens is 2. The fourth-order valence-corrected chi connectivity index (χ4v) is 3.85. The van der Waals surface area contributed by atoms with Crippen molar-refractivity contribution < 1.29 is 9.90 Å². The van der Waals surface area contributed by atoms with Crippen LogP contribution in [0.1, 0.15) is 34.6 Å². The van der Waals surface area contributed by atoms with Crippen LogP contribution in [0.4, 0.5) is 0 Å². The summed E-state index contributed by atoms with van der Waals surface area (Å²) in [5.74, 6) is 0.0138. The fraction of sp³-hybridized carbons (Fsp3) is 0.364. The fourth-order valence-electron chi connectivity index (χ4n) is 3.85. The summed E-state index contributed by atoms with van der Waals surface area (Å²) < 4.78 is 2.00. The van der Waals surface area contributed by atoms with Gasteiger partial charge in [0.2, 0.25) is 0 Å². The maximum absolute atomic E-state index is 13.1. The van der Waals surface area contributed by atoms with E-state index in [0.717, 1.165) is 37.3 Å². The molecule has 1 aliphatic heterocycles. The summed E-state index contributed by atoms with van der Waals surface area (Å²) in [5, 5.41) is 9.57. The highest BCUT2D eigenvalue weighted by Gasteiger charge is 2.26. The summed E-state index contributed by atoms with van der Waals surface area (Å²) in [6.07, 6.45) is 4.07. The number of aliphatic hydroxyl groups excluding tert-OH is 1. The minimum absolute atomic E-state index is 0.0138. The largest absolute Gasteiger partial charge is 0.395 e. The Balaban J connectivity index is 1.67. The van der Waals surface area contributed by atoms with Gasteiger partial charge in [-0.2, -0.15) is 0 Å². The van der Waals surface area contributed by atoms with E-state index in [9.17, 15) is 9.90 Å². The van der Waals surface area contributed by atoms with Crippen LogP contribution < -0.4 is 0 Å². The van der Waals surface area contributed by atoms with Crippen LogP contribution in [0.25, 0.3) is 5.65 Å². The van der Waals surface area contributed by atoms with Crippen LogP contribution in [0.15, 0.2) is 54.7 Å². The number of amides is 1. The minimum atomic E-state index is 0.0138. The van der Waals surface area contributed by atoms with Gasteiger partial charge in [0.15, 0.2) is 5.69 Å². The number of carbonyl (C=O) groups excluding carboxylic acids is 1. The topological polar surface area (TPSA) is 61.1 Å². The molecule has 0 unspecified atom stereocenters. The Kier molecular flexibility index (Phi) is 5.69. The van der Waals surface area contributed by atoms with Gasteiger partial charge in [0.25, 0.3) is 5.91 Å². The molecule has 28 heavy (non-hydrogen) atoms. The molecule has 3 heterocycles. The van der Waals surface area contributed by atoms with Gasteiger partial charge in [-0.05, 0) is 30.5 Å². The Labute approximate surface area is 165 Å². The van der Waals surface area contributed by atoms with Crippen LogP contribution in [0.2, 0.25) is 0 Å². The Morgan fingerprint density at radius 2 is 1.79 bits per heavy atom. The van der Waals surface area contributed by atoms with Crippen molar-refractivity contribution in [2.45, 2.75) is 25.9 Å². The smallest absolute Gasteiger partial charge is 0.274 e. The molecule has 146 valence electrons. The average molecular weight is 378 g/mol. The number of pyridine rings is 1. The second-order valence-corrected chi connectivity index (χ2v) is 7.26. The van der Waals surface area contributed by atoms with Crippen LogP contribution in [-0.4, -0.2) is 56.4 Å². The molecule has 6 heteroatoms. The van der Waals surface area contributed by atoms with Gasteiger partial charge in [-0.25, -0.2) is 4.98 Å². The summed E-state index contributed by atoms with van der Waals surface area (Å²) in [5.41, 5.74) is 3.38. The van der Waals surface area contributed by atoms with Crippen molar-refractivity contribution in [2.24, 2.45) is 0 Å².